The summed E-state index contributed by atoms with van der Waals surface area (Å²) < 4.78 is 12.7. The molecule has 0 unspecified atom stereocenters. The van der Waals surface area contributed by atoms with Crippen LogP contribution in [0, 0.1) is 0 Å². The molecule has 1 fully saturated rings. The Bertz CT molecular complexity index is 889. The Morgan fingerprint density at radius 3 is 2.96 bits per heavy atom. The van der Waals surface area contributed by atoms with Crippen LogP contribution in [-0.2, 0) is 0 Å². The fraction of sp³-hybridized carbons (Fsp3) is 0.333. The van der Waals surface area contributed by atoms with Crippen molar-refractivity contribution in [2.45, 2.75) is 12.3 Å². The van der Waals surface area contributed by atoms with Gasteiger partial charge in [0.2, 0.25) is 0 Å². The molecule has 3 heterocycles. The minimum absolute atomic E-state index is 0.0136. The van der Waals surface area contributed by atoms with Crippen molar-refractivity contribution in [2.24, 2.45) is 0 Å². The van der Waals surface area contributed by atoms with Crippen molar-refractivity contribution in [2.75, 3.05) is 27.3 Å². The van der Waals surface area contributed by atoms with Crippen LogP contribution in [0.2, 0.25) is 0 Å². The molecular formula is C18H19N3O3S. The lowest BCUT2D eigenvalue weighted by atomic mass is 9.97. The molecular weight excluding hydrogens is 338 g/mol. The van der Waals surface area contributed by atoms with E-state index >= 15 is 0 Å². The van der Waals surface area contributed by atoms with Gasteiger partial charge >= 0.3 is 0 Å². The molecule has 0 N–H and O–H groups in total. The van der Waals surface area contributed by atoms with E-state index in [0.717, 1.165) is 35.0 Å². The van der Waals surface area contributed by atoms with Crippen LogP contribution in [0.15, 0.2) is 36.0 Å². The summed E-state index contributed by atoms with van der Waals surface area (Å²) in [5.74, 6) is 1.86. The number of hydrogen-bond donors (Lipinski definition) is 0. The minimum atomic E-state index is -0.0136. The summed E-state index contributed by atoms with van der Waals surface area (Å²) in [4.78, 5) is 19.9. The number of fused-ring (bicyclic) bond motifs is 1. The van der Waals surface area contributed by atoms with Gasteiger partial charge in [-0.2, -0.15) is 0 Å². The summed E-state index contributed by atoms with van der Waals surface area (Å²) in [7, 11) is 3.32. The Morgan fingerprint density at radius 1 is 1.32 bits per heavy atom. The zero-order valence-corrected chi connectivity index (χ0v) is 15.0. The van der Waals surface area contributed by atoms with Gasteiger partial charge in [0.25, 0.3) is 5.91 Å². The van der Waals surface area contributed by atoms with Crippen LogP contribution >= 0.6 is 11.3 Å². The van der Waals surface area contributed by atoms with Gasteiger partial charge in [-0.25, -0.2) is 4.98 Å². The number of rotatable bonds is 4. The zero-order valence-electron chi connectivity index (χ0n) is 14.1. The SMILES string of the molecule is COc1ccc(OC)c([C@@H]2CCN(C(=O)c3cn4ccsc4n3)C2)c1. The molecule has 1 atom stereocenters. The molecule has 2 aromatic heterocycles. The molecule has 0 radical (unpaired) electrons. The largest absolute Gasteiger partial charge is 0.497 e. The first-order valence-electron chi connectivity index (χ1n) is 8.13. The van der Waals surface area contributed by atoms with Crippen molar-refractivity contribution in [1.29, 1.82) is 0 Å². The Balaban J connectivity index is 1.55. The van der Waals surface area contributed by atoms with Crippen molar-refractivity contribution < 1.29 is 14.3 Å². The number of carbonyl (C=O) groups is 1. The summed E-state index contributed by atoms with van der Waals surface area (Å²) in [5.41, 5.74) is 1.59. The van der Waals surface area contributed by atoms with Crippen LogP contribution in [0.5, 0.6) is 11.5 Å². The van der Waals surface area contributed by atoms with Gasteiger partial charge in [0.15, 0.2) is 4.96 Å². The first-order valence-corrected chi connectivity index (χ1v) is 9.01. The number of hydrogen-bond acceptors (Lipinski definition) is 5. The highest BCUT2D eigenvalue weighted by atomic mass is 32.1. The van der Waals surface area contributed by atoms with Crippen LogP contribution < -0.4 is 9.47 Å². The maximum Gasteiger partial charge on any atom is 0.274 e. The average molecular weight is 357 g/mol. The molecule has 1 amide bonds. The zero-order chi connectivity index (χ0) is 17.4. The lowest BCUT2D eigenvalue weighted by molar-refractivity contribution is 0.0785. The fourth-order valence-corrected chi connectivity index (χ4v) is 4.05. The molecule has 1 saturated heterocycles. The van der Waals surface area contributed by atoms with E-state index in [1.807, 2.05) is 39.1 Å². The minimum Gasteiger partial charge on any atom is -0.497 e. The molecule has 130 valence electrons. The molecule has 1 aliphatic heterocycles. The predicted molar refractivity (Wildman–Crippen MR) is 95.9 cm³/mol. The van der Waals surface area contributed by atoms with Crippen molar-refractivity contribution in [1.82, 2.24) is 14.3 Å². The second-order valence-electron chi connectivity index (χ2n) is 6.06. The van der Waals surface area contributed by atoms with Crippen molar-refractivity contribution >= 4 is 22.2 Å². The topological polar surface area (TPSA) is 56.1 Å². The van der Waals surface area contributed by atoms with E-state index < -0.39 is 0 Å². The number of amides is 1. The van der Waals surface area contributed by atoms with Crippen LogP contribution in [0.3, 0.4) is 0 Å². The fourth-order valence-electron chi connectivity index (χ4n) is 3.35. The highest BCUT2D eigenvalue weighted by Crippen LogP contribution is 2.36. The quantitative estimate of drug-likeness (QED) is 0.720. The number of aromatic nitrogens is 2. The number of carbonyl (C=O) groups excluding carboxylic acids is 1. The van der Waals surface area contributed by atoms with Crippen molar-refractivity contribution in [3.05, 3.63) is 47.2 Å². The van der Waals surface area contributed by atoms with Gasteiger partial charge in [0, 0.05) is 42.3 Å². The van der Waals surface area contributed by atoms with E-state index in [4.69, 9.17) is 9.47 Å². The molecule has 0 aliphatic carbocycles. The van der Waals surface area contributed by atoms with E-state index in [-0.39, 0.29) is 11.8 Å². The molecule has 7 heteroatoms. The number of methoxy groups -OCH3 is 2. The van der Waals surface area contributed by atoms with E-state index in [9.17, 15) is 4.79 Å². The molecule has 0 bridgehead atoms. The summed E-state index contributed by atoms with van der Waals surface area (Å²) in [6.07, 6.45) is 4.61. The van der Waals surface area contributed by atoms with Gasteiger partial charge in [0.1, 0.15) is 17.2 Å². The third-order valence-electron chi connectivity index (χ3n) is 4.66. The summed E-state index contributed by atoms with van der Waals surface area (Å²) >= 11 is 1.53. The maximum atomic E-state index is 12.8. The van der Waals surface area contributed by atoms with Gasteiger partial charge in [-0.3, -0.25) is 9.20 Å². The molecule has 3 aromatic rings. The number of likely N-dealkylation sites (tertiary alicyclic amines) is 1. The van der Waals surface area contributed by atoms with E-state index in [1.165, 1.54) is 11.3 Å². The smallest absolute Gasteiger partial charge is 0.274 e. The lowest BCUT2D eigenvalue weighted by Gasteiger charge is -2.17. The van der Waals surface area contributed by atoms with Gasteiger partial charge in [0.05, 0.1) is 14.2 Å². The molecule has 1 aromatic carbocycles. The summed E-state index contributed by atoms with van der Waals surface area (Å²) in [5, 5.41) is 1.96. The number of benzene rings is 1. The first-order chi connectivity index (χ1) is 12.2. The number of ether oxygens (including phenoxy) is 2. The highest BCUT2D eigenvalue weighted by molar-refractivity contribution is 7.15. The third kappa shape index (κ3) is 2.84. The van der Waals surface area contributed by atoms with Gasteiger partial charge < -0.3 is 14.4 Å². The maximum absolute atomic E-state index is 12.8. The number of thiazole rings is 1. The summed E-state index contributed by atoms with van der Waals surface area (Å²) in [6, 6.07) is 5.81. The van der Waals surface area contributed by atoms with Crippen LogP contribution in [0.4, 0.5) is 0 Å². The van der Waals surface area contributed by atoms with E-state index in [2.05, 4.69) is 4.98 Å². The van der Waals surface area contributed by atoms with Gasteiger partial charge in [-0.05, 0) is 24.6 Å². The third-order valence-corrected chi connectivity index (χ3v) is 5.44. The monoisotopic (exact) mass is 357 g/mol. The standard InChI is InChI=1S/C18H19N3O3S/c1-23-13-3-4-16(24-2)14(9-13)12-5-6-20(10-12)17(22)15-11-21-7-8-25-18(21)19-15/h3-4,7-9,11-12H,5-6,10H2,1-2H3/t12-/m1/s1. The highest BCUT2D eigenvalue weighted by Gasteiger charge is 2.31. The molecule has 0 saturated carbocycles. The lowest BCUT2D eigenvalue weighted by Crippen LogP contribution is -2.28. The molecule has 0 spiro atoms. The number of imidazole rings is 1. The van der Waals surface area contributed by atoms with E-state index in [0.29, 0.717) is 12.2 Å². The number of nitrogens with zero attached hydrogens (tertiary/aromatic N) is 3. The Labute approximate surface area is 149 Å². The summed E-state index contributed by atoms with van der Waals surface area (Å²) in [6.45, 7) is 1.38. The van der Waals surface area contributed by atoms with Crippen LogP contribution in [0.25, 0.3) is 4.96 Å². The molecule has 4 rings (SSSR count). The normalized spacial score (nSPS) is 17.2. The molecule has 1 aliphatic rings. The predicted octanol–water partition coefficient (Wildman–Crippen LogP) is 3.04. The average Bonchev–Trinajstić information content (AvgIpc) is 3.35. The van der Waals surface area contributed by atoms with Crippen LogP contribution in [0.1, 0.15) is 28.4 Å². The van der Waals surface area contributed by atoms with Crippen molar-refractivity contribution in [3.63, 3.8) is 0 Å². The van der Waals surface area contributed by atoms with E-state index in [1.54, 1.807) is 20.4 Å². The van der Waals surface area contributed by atoms with Gasteiger partial charge in [-0.15, -0.1) is 11.3 Å². The van der Waals surface area contributed by atoms with Gasteiger partial charge in [-0.1, -0.05) is 0 Å². The van der Waals surface area contributed by atoms with Crippen molar-refractivity contribution in [3.8, 4) is 11.5 Å². The Morgan fingerprint density at radius 2 is 2.20 bits per heavy atom. The first kappa shape index (κ1) is 16.0. The molecule has 25 heavy (non-hydrogen) atoms. The van der Waals surface area contributed by atoms with Crippen LogP contribution in [-0.4, -0.2) is 47.5 Å². The molecule has 6 nitrogen and oxygen atoms in total. The second-order valence-corrected chi connectivity index (χ2v) is 6.94. The second kappa shape index (κ2) is 6.40. The Hall–Kier alpha value is -2.54. The Kier molecular flexibility index (Phi) is 4.09.